The van der Waals surface area contributed by atoms with Gasteiger partial charge in [-0.1, -0.05) is 83.0 Å². The van der Waals surface area contributed by atoms with Crippen LogP contribution in [0.1, 0.15) is 93.1 Å². The van der Waals surface area contributed by atoms with Gasteiger partial charge in [0.05, 0.1) is 5.69 Å². The molecule has 0 atom stereocenters. The van der Waals surface area contributed by atoms with E-state index in [-0.39, 0.29) is 27.0 Å². The van der Waals surface area contributed by atoms with Crippen LogP contribution in [0.5, 0.6) is 11.5 Å². The third kappa shape index (κ3) is 7.84. The van der Waals surface area contributed by atoms with Crippen LogP contribution in [0, 0.1) is 51.7 Å². The Hall–Kier alpha value is -4.47. The van der Waals surface area contributed by atoms with Gasteiger partial charge in [0.25, 0.3) is 0 Å². The van der Waals surface area contributed by atoms with E-state index in [1.807, 2.05) is 12.3 Å². The predicted molar refractivity (Wildman–Crippen MR) is 220 cm³/mol. The number of hydrogen-bond donors (Lipinski definition) is 0. The minimum atomic E-state index is 0. The Morgan fingerprint density at radius 1 is 0.741 bits per heavy atom. The Labute approximate surface area is 336 Å². The molecule has 0 saturated carbocycles. The standard InChI is InChI=1S/C48H52N4O.Pt/c1-29(2)15-18-44-48(47-33(8)22-32(7)23-34(47)9)35(10)50-52(44)38-25-37(31(5)6)26-40(27-38)53-39-16-17-42-41-13-11-12-14-43(41)51(45(42)28-39)46-24-36(19-20-49-46)21-30(3)4;/h11-14,16-17,19-20,22-26,29-31H,15,18,21H2,1-10H3;/q-2;+2. The number of aryl methyl sites for hydroxylation is 4. The molecule has 0 saturated heterocycles. The van der Waals surface area contributed by atoms with E-state index in [1.165, 1.54) is 44.6 Å². The summed E-state index contributed by atoms with van der Waals surface area (Å²) in [6.45, 7) is 22.3. The molecule has 0 spiro atoms. The Morgan fingerprint density at radius 3 is 2.19 bits per heavy atom. The van der Waals surface area contributed by atoms with Gasteiger partial charge in [0, 0.05) is 34.5 Å². The van der Waals surface area contributed by atoms with Gasteiger partial charge in [-0.25, -0.2) is 4.98 Å². The molecule has 3 aromatic heterocycles. The smallest absolute Gasteiger partial charge is 0.509 e. The number of benzene rings is 4. The van der Waals surface area contributed by atoms with E-state index in [9.17, 15) is 0 Å². The fourth-order valence-electron chi connectivity index (χ4n) is 7.85. The number of para-hydroxylation sites is 1. The van der Waals surface area contributed by atoms with Gasteiger partial charge < -0.3 is 9.30 Å². The summed E-state index contributed by atoms with van der Waals surface area (Å²) in [4.78, 5) is 4.85. The van der Waals surface area contributed by atoms with Gasteiger partial charge >= 0.3 is 21.1 Å². The van der Waals surface area contributed by atoms with Crippen molar-refractivity contribution in [2.45, 2.75) is 94.4 Å². The summed E-state index contributed by atoms with van der Waals surface area (Å²) in [5.41, 5.74) is 14.0. The fraction of sp³-hybridized carbons (Fsp3) is 0.333. The zero-order valence-corrected chi connectivity index (χ0v) is 35.6. The van der Waals surface area contributed by atoms with Crippen LogP contribution < -0.4 is 4.74 Å². The second-order valence-corrected chi connectivity index (χ2v) is 16.0. The van der Waals surface area contributed by atoms with E-state index in [1.54, 1.807) is 0 Å². The van der Waals surface area contributed by atoms with Crippen molar-refractivity contribution < 1.29 is 25.8 Å². The number of ether oxygens (including phenoxy) is 1. The Kier molecular flexibility index (Phi) is 11.7. The molecule has 7 aromatic rings. The van der Waals surface area contributed by atoms with E-state index in [0.717, 1.165) is 58.3 Å². The van der Waals surface area contributed by atoms with Crippen LogP contribution >= 0.6 is 0 Å². The van der Waals surface area contributed by atoms with Crippen molar-refractivity contribution >= 4 is 21.8 Å². The number of aromatic nitrogens is 4. The normalized spacial score (nSPS) is 11.7. The summed E-state index contributed by atoms with van der Waals surface area (Å²) in [6, 6.07) is 33.2. The fourth-order valence-corrected chi connectivity index (χ4v) is 7.85. The number of nitrogens with zero attached hydrogens (tertiary/aromatic N) is 4. The predicted octanol–water partition coefficient (Wildman–Crippen LogP) is 12.6. The number of rotatable bonds is 11. The van der Waals surface area contributed by atoms with Crippen LogP contribution in [0.3, 0.4) is 0 Å². The molecule has 4 aromatic carbocycles. The molecule has 0 amide bonds. The molecule has 0 fully saturated rings. The maximum atomic E-state index is 6.73. The van der Waals surface area contributed by atoms with Crippen LogP contribution in [0.2, 0.25) is 0 Å². The third-order valence-electron chi connectivity index (χ3n) is 10.2. The molecule has 7 rings (SSSR count). The van der Waals surface area contributed by atoms with Crippen molar-refractivity contribution in [3.05, 3.63) is 130 Å². The molecule has 0 aliphatic carbocycles. The zero-order chi connectivity index (χ0) is 37.6. The van der Waals surface area contributed by atoms with Crippen molar-refractivity contribution in [3.8, 4) is 34.1 Å². The van der Waals surface area contributed by atoms with Crippen molar-refractivity contribution in [2.24, 2.45) is 11.8 Å². The first-order valence-corrected chi connectivity index (χ1v) is 19.2. The molecule has 0 bridgehead atoms. The van der Waals surface area contributed by atoms with E-state index < -0.39 is 0 Å². The number of pyridine rings is 1. The summed E-state index contributed by atoms with van der Waals surface area (Å²) < 4.78 is 11.1. The molecule has 0 aliphatic rings. The Balaban J connectivity index is 0.00000497. The zero-order valence-electron chi connectivity index (χ0n) is 33.4. The van der Waals surface area contributed by atoms with Gasteiger partial charge in [-0.2, -0.15) is 11.2 Å². The molecule has 3 heterocycles. The minimum absolute atomic E-state index is 0. The van der Waals surface area contributed by atoms with Gasteiger partial charge in [0.2, 0.25) is 0 Å². The second-order valence-electron chi connectivity index (χ2n) is 16.0. The van der Waals surface area contributed by atoms with E-state index in [2.05, 4.69) is 157 Å². The number of fused-ring (bicyclic) bond motifs is 3. The molecule has 54 heavy (non-hydrogen) atoms. The van der Waals surface area contributed by atoms with Crippen LogP contribution in [0.4, 0.5) is 0 Å². The topological polar surface area (TPSA) is 44.9 Å². The van der Waals surface area contributed by atoms with Gasteiger partial charge in [-0.05, 0) is 116 Å². The monoisotopic (exact) mass is 895 g/mol. The van der Waals surface area contributed by atoms with E-state index >= 15 is 0 Å². The largest absolute Gasteiger partial charge is 2.00 e. The summed E-state index contributed by atoms with van der Waals surface area (Å²) >= 11 is 0. The summed E-state index contributed by atoms with van der Waals surface area (Å²) in [7, 11) is 0. The van der Waals surface area contributed by atoms with Crippen molar-refractivity contribution in [1.82, 2.24) is 19.3 Å². The third-order valence-corrected chi connectivity index (χ3v) is 10.2. The molecular weight excluding hydrogens is 844 g/mol. The van der Waals surface area contributed by atoms with Crippen LogP contribution in [-0.2, 0) is 33.9 Å². The van der Waals surface area contributed by atoms with Crippen molar-refractivity contribution in [3.63, 3.8) is 0 Å². The minimum Gasteiger partial charge on any atom is -0.509 e. The van der Waals surface area contributed by atoms with Crippen LogP contribution in [0.25, 0.3) is 44.4 Å². The molecule has 0 N–H and O–H groups in total. The molecule has 5 nitrogen and oxygen atoms in total. The summed E-state index contributed by atoms with van der Waals surface area (Å²) in [5, 5.41) is 7.51. The average molecular weight is 896 g/mol. The molecule has 0 aliphatic heterocycles. The van der Waals surface area contributed by atoms with Gasteiger partial charge in [-0.15, -0.1) is 41.3 Å². The molecule has 0 unspecified atom stereocenters. The molecular formula is C48H52N4OPt. The van der Waals surface area contributed by atoms with Gasteiger partial charge in [0.1, 0.15) is 5.82 Å². The first kappa shape index (κ1) is 39.2. The number of hydrogen-bond acceptors (Lipinski definition) is 3. The maximum absolute atomic E-state index is 6.73. The summed E-state index contributed by atoms with van der Waals surface area (Å²) in [6.07, 6.45) is 4.89. The quantitative estimate of drug-likeness (QED) is 0.122. The van der Waals surface area contributed by atoms with Gasteiger partial charge in [-0.3, -0.25) is 4.68 Å². The Bertz CT molecular complexity index is 2420. The molecule has 6 heteroatoms. The first-order chi connectivity index (χ1) is 25.4. The first-order valence-electron chi connectivity index (χ1n) is 19.2. The van der Waals surface area contributed by atoms with Crippen LogP contribution in [0.15, 0.2) is 79.0 Å². The van der Waals surface area contributed by atoms with Crippen LogP contribution in [-0.4, -0.2) is 19.3 Å². The Morgan fingerprint density at radius 2 is 1.48 bits per heavy atom. The summed E-state index contributed by atoms with van der Waals surface area (Å²) in [5.74, 6) is 3.56. The average Bonchev–Trinajstić information content (AvgIpc) is 3.60. The van der Waals surface area contributed by atoms with Crippen molar-refractivity contribution in [1.29, 1.82) is 0 Å². The van der Waals surface area contributed by atoms with Gasteiger partial charge in [0.15, 0.2) is 0 Å². The van der Waals surface area contributed by atoms with E-state index in [0.29, 0.717) is 23.3 Å². The maximum Gasteiger partial charge on any atom is 2.00 e. The molecule has 280 valence electrons. The second kappa shape index (κ2) is 16.1. The molecule has 0 radical (unpaired) electrons. The van der Waals surface area contributed by atoms with E-state index in [4.69, 9.17) is 14.8 Å². The van der Waals surface area contributed by atoms with Crippen molar-refractivity contribution in [2.75, 3.05) is 0 Å². The SMILES string of the molecule is Cc1cc(C)c(-c2c(C)nn(-c3[c-]c(Oc4[c-]c5c(cc4)c4ccccc4n5-c4cc(CC(C)C)ccn4)cc(C(C)C)c3)c2CCC(C)C)c(C)c1.[Pt+2].